The Kier molecular flexibility index (Phi) is 5.36. The Hall–Kier alpha value is -3.09. The summed E-state index contributed by atoms with van der Waals surface area (Å²) in [5, 5.41) is 9.29. The molecule has 2 heterocycles. The second kappa shape index (κ2) is 7.86. The minimum absolute atomic E-state index is 0.195. The standard InChI is InChI=1S/C19H22N4O3/c20-17(24)13-23(19(25)26)16-8-10-22(11-9-16)18-7-6-15(12-21-18)14-4-2-1-3-5-14/h1-7,12,16H,8-11,13H2,(H2,20,24)(H,25,26). The van der Waals surface area contributed by atoms with Gasteiger partial charge in [-0.2, -0.15) is 0 Å². The quantitative estimate of drug-likeness (QED) is 0.857. The first-order valence-electron chi connectivity index (χ1n) is 8.59. The van der Waals surface area contributed by atoms with Gasteiger partial charge >= 0.3 is 6.09 Å². The minimum atomic E-state index is -1.10. The maximum absolute atomic E-state index is 11.4. The van der Waals surface area contributed by atoms with Crippen LogP contribution in [-0.4, -0.2) is 52.7 Å². The number of pyridine rings is 1. The lowest BCUT2D eigenvalue weighted by atomic mass is 10.0. The number of carbonyl (C=O) groups is 2. The van der Waals surface area contributed by atoms with E-state index in [0.29, 0.717) is 25.9 Å². The molecule has 7 nitrogen and oxygen atoms in total. The van der Waals surface area contributed by atoms with E-state index >= 15 is 0 Å². The number of amides is 2. The molecule has 1 aromatic carbocycles. The number of nitrogens with zero attached hydrogens (tertiary/aromatic N) is 3. The minimum Gasteiger partial charge on any atom is -0.465 e. The van der Waals surface area contributed by atoms with Crippen LogP contribution in [0.3, 0.4) is 0 Å². The number of hydrogen-bond donors (Lipinski definition) is 2. The van der Waals surface area contributed by atoms with E-state index in [2.05, 4.69) is 9.88 Å². The highest BCUT2D eigenvalue weighted by atomic mass is 16.4. The Bertz CT molecular complexity index is 756. The van der Waals surface area contributed by atoms with E-state index in [0.717, 1.165) is 21.8 Å². The topological polar surface area (TPSA) is 99.8 Å². The van der Waals surface area contributed by atoms with Crippen molar-refractivity contribution in [3.63, 3.8) is 0 Å². The van der Waals surface area contributed by atoms with Crippen LogP contribution in [0.25, 0.3) is 11.1 Å². The third kappa shape index (κ3) is 4.11. The third-order valence-electron chi connectivity index (χ3n) is 4.66. The predicted octanol–water partition coefficient (Wildman–Crippen LogP) is 2.18. The lowest BCUT2D eigenvalue weighted by Gasteiger charge is -2.37. The van der Waals surface area contributed by atoms with Gasteiger partial charge in [0, 0.05) is 30.9 Å². The second-order valence-corrected chi connectivity index (χ2v) is 6.37. The van der Waals surface area contributed by atoms with Crippen molar-refractivity contribution in [1.29, 1.82) is 0 Å². The molecule has 0 radical (unpaired) electrons. The first-order chi connectivity index (χ1) is 12.5. The molecule has 3 N–H and O–H groups in total. The van der Waals surface area contributed by atoms with E-state index in [1.165, 1.54) is 0 Å². The summed E-state index contributed by atoms with van der Waals surface area (Å²) in [4.78, 5) is 30.3. The van der Waals surface area contributed by atoms with Gasteiger partial charge in [0.2, 0.25) is 5.91 Å². The van der Waals surface area contributed by atoms with Crippen LogP contribution in [0, 0.1) is 0 Å². The number of benzene rings is 1. The summed E-state index contributed by atoms with van der Waals surface area (Å²) in [5.41, 5.74) is 7.33. The molecule has 1 aliphatic heterocycles. The van der Waals surface area contributed by atoms with Crippen LogP contribution in [0.5, 0.6) is 0 Å². The first kappa shape index (κ1) is 17.7. The van der Waals surface area contributed by atoms with Crippen molar-refractivity contribution >= 4 is 17.8 Å². The zero-order valence-electron chi connectivity index (χ0n) is 14.4. The number of primary amides is 1. The number of aromatic nitrogens is 1. The Morgan fingerprint density at radius 3 is 2.35 bits per heavy atom. The first-order valence-corrected chi connectivity index (χ1v) is 8.59. The van der Waals surface area contributed by atoms with E-state index in [9.17, 15) is 14.7 Å². The summed E-state index contributed by atoms with van der Waals surface area (Å²) in [7, 11) is 0. The number of nitrogens with two attached hydrogens (primary N) is 1. The van der Waals surface area contributed by atoms with Gasteiger partial charge in [-0.05, 0) is 30.5 Å². The van der Waals surface area contributed by atoms with Gasteiger partial charge < -0.3 is 15.7 Å². The SMILES string of the molecule is NC(=O)CN(C(=O)O)C1CCN(c2ccc(-c3ccccc3)cn2)CC1. The molecule has 2 amide bonds. The van der Waals surface area contributed by atoms with Gasteiger partial charge in [-0.3, -0.25) is 9.69 Å². The summed E-state index contributed by atoms with van der Waals surface area (Å²) in [6.45, 7) is 1.11. The highest BCUT2D eigenvalue weighted by Crippen LogP contribution is 2.24. The Balaban J connectivity index is 1.63. The Labute approximate surface area is 152 Å². The van der Waals surface area contributed by atoms with Crippen molar-refractivity contribution in [1.82, 2.24) is 9.88 Å². The summed E-state index contributed by atoms with van der Waals surface area (Å²) < 4.78 is 0. The molecular formula is C19H22N4O3. The van der Waals surface area contributed by atoms with Crippen molar-refractivity contribution in [3.8, 4) is 11.1 Å². The Morgan fingerprint density at radius 2 is 1.81 bits per heavy atom. The van der Waals surface area contributed by atoms with Crippen LogP contribution >= 0.6 is 0 Å². The molecule has 0 atom stereocenters. The highest BCUT2D eigenvalue weighted by molar-refractivity contribution is 5.80. The van der Waals surface area contributed by atoms with Crippen molar-refractivity contribution in [2.75, 3.05) is 24.5 Å². The molecule has 136 valence electrons. The zero-order valence-corrected chi connectivity index (χ0v) is 14.4. The number of anilines is 1. The number of rotatable bonds is 5. The highest BCUT2D eigenvalue weighted by Gasteiger charge is 2.29. The lowest BCUT2D eigenvalue weighted by molar-refractivity contribution is -0.119. The average molecular weight is 354 g/mol. The van der Waals surface area contributed by atoms with Crippen molar-refractivity contribution in [3.05, 3.63) is 48.7 Å². The van der Waals surface area contributed by atoms with E-state index in [1.807, 2.05) is 48.7 Å². The van der Waals surface area contributed by atoms with Gasteiger partial charge in [-0.25, -0.2) is 9.78 Å². The lowest BCUT2D eigenvalue weighted by Crippen LogP contribution is -2.49. The van der Waals surface area contributed by atoms with Gasteiger partial charge in [-0.15, -0.1) is 0 Å². The number of piperidine rings is 1. The molecule has 0 saturated carbocycles. The Morgan fingerprint density at radius 1 is 1.12 bits per heavy atom. The maximum Gasteiger partial charge on any atom is 0.408 e. The largest absolute Gasteiger partial charge is 0.465 e. The molecule has 26 heavy (non-hydrogen) atoms. The van der Waals surface area contributed by atoms with Crippen molar-refractivity contribution in [2.45, 2.75) is 18.9 Å². The summed E-state index contributed by atoms with van der Waals surface area (Å²) >= 11 is 0. The molecule has 1 saturated heterocycles. The van der Waals surface area contributed by atoms with E-state index < -0.39 is 12.0 Å². The van der Waals surface area contributed by atoms with Crippen LogP contribution in [-0.2, 0) is 4.79 Å². The predicted molar refractivity (Wildman–Crippen MR) is 98.8 cm³/mol. The average Bonchev–Trinajstić information content (AvgIpc) is 2.67. The van der Waals surface area contributed by atoms with E-state index in [1.54, 1.807) is 0 Å². The fourth-order valence-corrected chi connectivity index (χ4v) is 3.30. The molecule has 1 aromatic heterocycles. The summed E-state index contributed by atoms with van der Waals surface area (Å²) in [5.74, 6) is 0.243. The van der Waals surface area contributed by atoms with Crippen LogP contribution in [0.4, 0.5) is 10.6 Å². The van der Waals surface area contributed by atoms with Gasteiger partial charge in [0.25, 0.3) is 0 Å². The van der Waals surface area contributed by atoms with Gasteiger partial charge in [-0.1, -0.05) is 30.3 Å². The molecule has 0 unspecified atom stereocenters. The fraction of sp³-hybridized carbons (Fsp3) is 0.316. The molecule has 3 rings (SSSR count). The molecule has 1 aliphatic rings. The number of carboxylic acid groups (broad SMARTS) is 1. The summed E-state index contributed by atoms with van der Waals surface area (Å²) in [6.07, 6.45) is 2.03. The van der Waals surface area contributed by atoms with Crippen molar-refractivity contribution in [2.24, 2.45) is 5.73 Å². The maximum atomic E-state index is 11.4. The van der Waals surface area contributed by atoms with Gasteiger partial charge in [0.15, 0.2) is 0 Å². The number of hydrogen-bond acceptors (Lipinski definition) is 4. The van der Waals surface area contributed by atoms with Gasteiger partial charge in [0.1, 0.15) is 12.4 Å². The molecule has 7 heteroatoms. The van der Waals surface area contributed by atoms with Crippen LogP contribution < -0.4 is 10.6 Å². The second-order valence-electron chi connectivity index (χ2n) is 6.37. The van der Waals surface area contributed by atoms with Crippen LogP contribution in [0.1, 0.15) is 12.8 Å². The third-order valence-corrected chi connectivity index (χ3v) is 4.66. The van der Waals surface area contributed by atoms with Crippen LogP contribution in [0.2, 0.25) is 0 Å². The summed E-state index contributed by atoms with van der Waals surface area (Å²) in [6, 6.07) is 13.9. The molecule has 0 spiro atoms. The van der Waals surface area contributed by atoms with E-state index in [-0.39, 0.29) is 12.6 Å². The molecule has 1 fully saturated rings. The molecule has 0 aliphatic carbocycles. The fourth-order valence-electron chi connectivity index (χ4n) is 3.30. The number of carbonyl (C=O) groups excluding carboxylic acids is 1. The van der Waals surface area contributed by atoms with Crippen LogP contribution in [0.15, 0.2) is 48.7 Å². The van der Waals surface area contributed by atoms with Crippen molar-refractivity contribution < 1.29 is 14.7 Å². The molecule has 2 aromatic rings. The monoisotopic (exact) mass is 354 g/mol. The van der Waals surface area contributed by atoms with Gasteiger partial charge in [0.05, 0.1) is 0 Å². The normalized spacial score (nSPS) is 14.8. The zero-order chi connectivity index (χ0) is 18.5. The molecular weight excluding hydrogens is 332 g/mol. The molecule has 0 bridgehead atoms. The smallest absolute Gasteiger partial charge is 0.408 e. The van der Waals surface area contributed by atoms with E-state index in [4.69, 9.17) is 5.73 Å².